The average molecular weight is 416 g/mol. The lowest BCUT2D eigenvalue weighted by molar-refractivity contribution is 0.0660. The molecule has 1 aliphatic carbocycles. The van der Waals surface area contributed by atoms with Gasteiger partial charge in [0.15, 0.2) is 0 Å². The highest BCUT2D eigenvalue weighted by Gasteiger charge is 2.23. The van der Waals surface area contributed by atoms with Crippen molar-refractivity contribution in [2.75, 3.05) is 13.1 Å². The number of carbonyl (C=O) groups is 1. The summed E-state index contributed by atoms with van der Waals surface area (Å²) >= 11 is 1.65. The van der Waals surface area contributed by atoms with Crippen LogP contribution in [0.5, 0.6) is 0 Å². The molecule has 0 radical (unpaired) electrons. The van der Waals surface area contributed by atoms with Crippen LogP contribution in [0.2, 0.25) is 0 Å². The molecule has 0 fully saturated rings. The minimum Gasteiger partial charge on any atom is -0.475 e. The molecular weight excluding hydrogens is 390 g/mol. The third kappa shape index (κ3) is 3.74. The third-order valence-corrected chi connectivity index (χ3v) is 6.79. The van der Waals surface area contributed by atoms with Crippen LogP contribution in [0.1, 0.15) is 59.3 Å². The highest BCUT2D eigenvalue weighted by atomic mass is 32.1. The molecule has 1 aliphatic rings. The van der Waals surface area contributed by atoms with Crippen LogP contribution >= 0.6 is 11.3 Å². The summed E-state index contributed by atoms with van der Waals surface area (Å²) in [6.45, 7) is 6.62. The molecule has 0 atom stereocenters. The Morgan fingerprint density at radius 3 is 2.72 bits per heavy atom. The average Bonchev–Trinajstić information content (AvgIpc) is 3.33. The van der Waals surface area contributed by atoms with Crippen LogP contribution in [0, 0.1) is 0 Å². The van der Waals surface area contributed by atoms with Crippen LogP contribution < -0.4 is 5.56 Å². The summed E-state index contributed by atoms with van der Waals surface area (Å²) in [5.41, 5.74) is 1.10. The number of fused-ring (bicyclic) bond motifs is 3. The van der Waals surface area contributed by atoms with E-state index in [4.69, 9.17) is 14.5 Å². The van der Waals surface area contributed by atoms with Gasteiger partial charge in [-0.15, -0.1) is 11.3 Å². The van der Waals surface area contributed by atoms with E-state index in [-0.39, 0.29) is 17.9 Å². The van der Waals surface area contributed by atoms with Gasteiger partial charge in [0.05, 0.1) is 18.5 Å². The second kappa shape index (κ2) is 8.12. The second-order valence-electron chi connectivity index (χ2n) is 7.34. The Hall–Kier alpha value is -2.45. The molecule has 0 aromatic carbocycles. The number of carboxylic acids is 1. The lowest BCUT2D eigenvalue weighted by Crippen LogP contribution is -2.31. The van der Waals surface area contributed by atoms with Crippen LogP contribution in [0.3, 0.4) is 0 Å². The fraction of sp³-hybridized carbons (Fsp3) is 0.476. The molecule has 0 aliphatic heterocycles. The summed E-state index contributed by atoms with van der Waals surface area (Å²) < 4.78 is 7.08. The van der Waals surface area contributed by atoms with Crippen molar-refractivity contribution in [1.82, 2.24) is 14.5 Å². The fourth-order valence-electron chi connectivity index (χ4n) is 3.95. The largest absolute Gasteiger partial charge is 0.475 e. The maximum absolute atomic E-state index is 13.5. The minimum absolute atomic E-state index is 0.0511. The lowest BCUT2D eigenvalue weighted by atomic mass is 9.97. The molecule has 1 N–H and O–H groups in total. The fourth-order valence-corrected chi connectivity index (χ4v) is 5.22. The number of aromatic carboxylic acids is 1. The quantitative estimate of drug-likeness (QED) is 0.635. The van der Waals surface area contributed by atoms with E-state index < -0.39 is 5.97 Å². The highest BCUT2D eigenvalue weighted by molar-refractivity contribution is 7.18. The van der Waals surface area contributed by atoms with E-state index in [1.807, 2.05) is 0 Å². The van der Waals surface area contributed by atoms with Crippen LogP contribution in [-0.2, 0) is 25.9 Å². The standard InChI is InChI=1S/C21H25N3O4S/c1-3-23(4-2)12-17-22-19-18(14-7-5-6-8-16(14)29-19)20(25)24(17)11-13-9-10-15(28-13)21(26)27/h9-10H,3-8,11-12H2,1-2H3,(H,26,27). The van der Waals surface area contributed by atoms with Crippen molar-refractivity contribution in [2.45, 2.75) is 52.6 Å². The first kappa shape index (κ1) is 19.8. The number of rotatable bonds is 7. The summed E-state index contributed by atoms with van der Waals surface area (Å²) in [4.78, 5) is 33.9. The van der Waals surface area contributed by atoms with E-state index in [1.165, 1.54) is 10.9 Å². The lowest BCUT2D eigenvalue weighted by Gasteiger charge is -2.20. The molecule has 7 nitrogen and oxygen atoms in total. The molecule has 0 amide bonds. The highest BCUT2D eigenvalue weighted by Crippen LogP contribution is 2.34. The molecule has 0 spiro atoms. The molecule has 4 rings (SSSR count). The number of aryl methyl sites for hydroxylation is 2. The van der Waals surface area contributed by atoms with Gasteiger partial charge in [-0.2, -0.15) is 0 Å². The molecule has 3 aromatic rings. The van der Waals surface area contributed by atoms with Crippen LogP contribution in [-0.4, -0.2) is 38.6 Å². The maximum Gasteiger partial charge on any atom is 0.371 e. The van der Waals surface area contributed by atoms with E-state index in [1.54, 1.807) is 22.0 Å². The van der Waals surface area contributed by atoms with Gasteiger partial charge in [0.2, 0.25) is 5.76 Å². The van der Waals surface area contributed by atoms with E-state index in [0.717, 1.165) is 54.6 Å². The van der Waals surface area contributed by atoms with Crippen LogP contribution in [0.15, 0.2) is 21.3 Å². The molecule has 0 unspecified atom stereocenters. The van der Waals surface area contributed by atoms with Crippen molar-refractivity contribution >= 4 is 27.5 Å². The SMILES string of the molecule is CCN(CC)Cc1nc2sc3c(c2c(=O)n1Cc1ccc(C(=O)O)o1)CCCC3. The van der Waals surface area contributed by atoms with Gasteiger partial charge < -0.3 is 9.52 Å². The van der Waals surface area contributed by atoms with Crippen molar-refractivity contribution < 1.29 is 14.3 Å². The molecule has 0 saturated carbocycles. The van der Waals surface area contributed by atoms with Gasteiger partial charge in [-0.1, -0.05) is 13.8 Å². The predicted octanol–water partition coefficient (Wildman–Crippen LogP) is 3.52. The van der Waals surface area contributed by atoms with E-state index in [0.29, 0.717) is 18.1 Å². The Labute approximate surface area is 172 Å². The zero-order valence-corrected chi connectivity index (χ0v) is 17.5. The molecule has 0 saturated heterocycles. The van der Waals surface area contributed by atoms with Gasteiger partial charge in [0.1, 0.15) is 16.4 Å². The van der Waals surface area contributed by atoms with Crippen molar-refractivity contribution in [3.63, 3.8) is 0 Å². The monoisotopic (exact) mass is 415 g/mol. The molecule has 154 valence electrons. The normalized spacial score (nSPS) is 13.9. The van der Waals surface area contributed by atoms with Crippen molar-refractivity contribution in [2.24, 2.45) is 0 Å². The Morgan fingerprint density at radius 1 is 1.28 bits per heavy atom. The first-order chi connectivity index (χ1) is 14.0. The molecule has 3 aromatic heterocycles. The Kier molecular flexibility index (Phi) is 5.56. The van der Waals surface area contributed by atoms with Crippen LogP contribution in [0.4, 0.5) is 0 Å². The third-order valence-electron chi connectivity index (χ3n) is 5.60. The first-order valence-corrected chi connectivity index (χ1v) is 10.9. The predicted molar refractivity (Wildman–Crippen MR) is 112 cm³/mol. The molecule has 8 heteroatoms. The number of thiophene rings is 1. The van der Waals surface area contributed by atoms with Crippen molar-refractivity contribution in [3.8, 4) is 0 Å². The number of nitrogens with zero attached hydrogens (tertiary/aromatic N) is 3. The zero-order chi connectivity index (χ0) is 20.5. The van der Waals surface area contributed by atoms with E-state index in [2.05, 4.69) is 18.7 Å². The summed E-state index contributed by atoms with van der Waals surface area (Å²) in [6.07, 6.45) is 4.19. The number of hydrogen-bond acceptors (Lipinski definition) is 6. The van der Waals surface area contributed by atoms with E-state index in [9.17, 15) is 9.59 Å². The first-order valence-electron chi connectivity index (χ1n) is 10.1. The molecule has 3 heterocycles. The number of aromatic nitrogens is 2. The summed E-state index contributed by atoms with van der Waals surface area (Å²) in [5.74, 6) is -0.110. The van der Waals surface area contributed by atoms with Crippen molar-refractivity contribution in [3.05, 3.63) is 50.3 Å². The minimum atomic E-state index is -1.12. The second-order valence-corrected chi connectivity index (χ2v) is 8.43. The molecular formula is C21H25N3O4S. The molecule has 0 bridgehead atoms. The van der Waals surface area contributed by atoms with Crippen molar-refractivity contribution in [1.29, 1.82) is 0 Å². The topological polar surface area (TPSA) is 88.6 Å². The maximum atomic E-state index is 13.5. The Bertz CT molecular complexity index is 1110. The van der Waals surface area contributed by atoms with Gasteiger partial charge in [-0.05, 0) is 56.5 Å². The van der Waals surface area contributed by atoms with Gasteiger partial charge >= 0.3 is 5.97 Å². The summed E-state index contributed by atoms with van der Waals surface area (Å²) in [7, 11) is 0. The number of hydrogen-bond donors (Lipinski definition) is 1. The Morgan fingerprint density at radius 2 is 2.03 bits per heavy atom. The van der Waals surface area contributed by atoms with Crippen LogP contribution in [0.25, 0.3) is 10.2 Å². The smallest absolute Gasteiger partial charge is 0.371 e. The number of carboxylic acid groups (broad SMARTS) is 1. The summed E-state index contributed by atoms with van der Waals surface area (Å²) in [5, 5.41) is 9.86. The van der Waals surface area contributed by atoms with Gasteiger partial charge in [-0.25, -0.2) is 9.78 Å². The van der Waals surface area contributed by atoms with Gasteiger partial charge in [0.25, 0.3) is 5.56 Å². The van der Waals surface area contributed by atoms with E-state index >= 15 is 0 Å². The van der Waals surface area contributed by atoms with Gasteiger partial charge in [-0.3, -0.25) is 14.3 Å². The molecule has 29 heavy (non-hydrogen) atoms. The zero-order valence-electron chi connectivity index (χ0n) is 16.7. The summed E-state index contributed by atoms with van der Waals surface area (Å²) in [6, 6.07) is 3.04. The number of furan rings is 1. The Balaban J connectivity index is 1.84. The van der Waals surface area contributed by atoms with Gasteiger partial charge in [0, 0.05) is 4.88 Å².